The van der Waals surface area contributed by atoms with Crippen LogP contribution in [0, 0.1) is 0 Å². The van der Waals surface area contributed by atoms with E-state index >= 15 is 0 Å². The van der Waals surface area contributed by atoms with Gasteiger partial charge in [-0.25, -0.2) is 9.78 Å². The average molecular weight is 351 g/mol. The van der Waals surface area contributed by atoms with Crippen LogP contribution in [-0.2, 0) is 0 Å². The molecule has 8 heteroatoms. The number of carbonyl (C=O) groups excluding carboxylic acids is 2. The van der Waals surface area contributed by atoms with E-state index in [1.807, 2.05) is 0 Å². The molecule has 0 aliphatic rings. The average Bonchev–Trinajstić information content (AvgIpc) is 2.62. The number of benzene rings is 2. The zero-order valence-electron chi connectivity index (χ0n) is 13.3. The van der Waals surface area contributed by atoms with Gasteiger partial charge >= 0.3 is 5.97 Å². The van der Waals surface area contributed by atoms with Crippen molar-refractivity contribution in [1.29, 1.82) is 0 Å². The van der Waals surface area contributed by atoms with Crippen LogP contribution in [0.1, 0.15) is 31.3 Å². The van der Waals surface area contributed by atoms with Gasteiger partial charge in [-0.05, 0) is 29.7 Å². The minimum absolute atomic E-state index is 0.0436. The van der Waals surface area contributed by atoms with E-state index in [9.17, 15) is 24.6 Å². The monoisotopic (exact) mass is 351 g/mol. The zero-order chi connectivity index (χ0) is 18.8. The molecule has 0 spiro atoms. The molecule has 3 rings (SSSR count). The van der Waals surface area contributed by atoms with Crippen LogP contribution >= 0.6 is 0 Å². The minimum atomic E-state index is -1.27. The van der Waals surface area contributed by atoms with E-state index in [2.05, 4.69) is 10.3 Å². The molecule has 5 N–H and O–H groups in total. The first-order chi connectivity index (χ1) is 12.4. The van der Waals surface area contributed by atoms with Crippen molar-refractivity contribution in [3.63, 3.8) is 0 Å². The maximum atomic E-state index is 12.6. The number of phenolic OH excluding ortho intramolecular Hbond substituents is 1. The SMILES string of the molecule is NC(=O)c1ccc(O)c(NC(=O)c2nc(C(=O)O)cc3ccccc23)c1. The number of nitrogens with two attached hydrogens (primary N) is 1. The molecule has 0 unspecified atom stereocenters. The second-order valence-electron chi connectivity index (χ2n) is 5.43. The van der Waals surface area contributed by atoms with Gasteiger partial charge in [-0.15, -0.1) is 0 Å². The van der Waals surface area contributed by atoms with Gasteiger partial charge in [0, 0.05) is 10.9 Å². The standard InChI is InChI=1S/C18H13N3O5/c19-16(23)10-5-6-14(22)12(8-10)21-17(24)15-11-4-2-1-3-9(11)7-13(20-15)18(25)26/h1-8,22H,(H2,19,23)(H,21,24)(H,25,26). The molecular formula is C18H13N3O5. The van der Waals surface area contributed by atoms with Crippen molar-refractivity contribution in [1.82, 2.24) is 4.98 Å². The van der Waals surface area contributed by atoms with Crippen molar-refractivity contribution < 1.29 is 24.6 Å². The molecule has 1 heterocycles. The summed E-state index contributed by atoms with van der Waals surface area (Å²) < 4.78 is 0. The molecule has 3 aromatic rings. The van der Waals surface area contributed by atoms with Crippen LogP contribution in [-0.4, -0.2) is 33.0 Å². The number of nitrogens with zero attached hydrogens (tertiary/aromatic N) is 1. The number of primary amides is 1. The lowest BCUT2D eigenvalue weighted by Gasteiger charge is -2.10. The van der Waals surface area contributed by atoms with Gasteiger partial charge in [0.25, 0.3) is 5.91 Å². The number of rotatable bonds is 4. The summed E-state index contributed by atoms with van der Waals surface area (Å²) in [6.07, 6.45) is 0. The summed E-state index contributed by atoms with van der Waals surface area (Å²) in [7, 11) is 0. The Morgan fingerprint density at radius 3 is 2.46 bits per heavy atom. The molecule has 8 nitrogen and oxygen atoms in total. The number of phenols is 1. The van der Waals surface area contributed by atoms with Crippen molar-refractivity contribution in [3.8, 4) is 5.75 Å². The fraction of sp³-hybridized carbons (Fsp3) is 0. The number of carboxylic acids is 1. The molecule has 0 aliphatic carbocycles. The Bertz CT molecular complexity index is 1060. The molecule has 0 bridgehead atoms. The summed E-state index contributed by atoms with van der Waals surface area (Å²) in [6.45, 7) is 0. The van der Waals surface area contributed by atoms with E-state index in [-0.39, 0.29) is 28.4 Å². The molecule has 1 aromatic heterocycles. The highest BCUT2D eigenvalue weighted by Crippen LogP contribution is 2.26. The number of amides is 2. The predicted molar refractivity (Wildman–Crippen MR) is 93.3 cm³/mol. The van der Waals surface area contributed by atoms with Crippen molar-refractivity contribution in [2.24, 2.45) is 5.73 Å². The highest BCUT2D eigenvalue weighted by Gasteiger charge is 2.18. The second kappa shape index (κ2) is 6.52. The first kappa shape index (κ1) is 16.9. The molecule has 0 fully saturated rings. The van der Waals surface area contributed by atoms with E-state index in [0.717, 1.165) is 0 Å². The van der Waals surface area contributed by atoms with Gasteiger partial charge in [-0.1, -0.05) is 24.3 Å². The Hall–Kier alpha value is -3.94. The molecular weight excluding hydrogens is 338 g/mol. The number of aromatic carboxylic acids is 1. The number of hydrogen-bond donors (Lipinski definition) is 4. The molecule has 0 saturated heterocycles. The largest absolute Gasteiger partial charge is 0.506 e. The fourth-order valence-electron chi connectivity index (χ4n) is 2.45. The molecule has 0 radical (unpaired) electrons. The Morgan fingerprint density at radius 2 is 1.77 bits per heavy atom. The second-order valence-corrected chi connectivity index (χ2v) is 5.43. The quantitative estimate of drug-likeness (QED) is 0.529. The van der Waals surface area contributed by atoms with Crippen molar-refractivity contribution in [2.75, 3.05) is 5.32 Å². The number of anilines is 1. The van der Waals surface area contributed by atoms with Gasteiger partial charge in [-0.2, -0.15) is 0 Å². The highest BCUT2D eigenvalue weighted by atomic mass is 16.4. The molecule has 130 valence electrons. The topological polar surface area (TPSA) is 143 Å². The first-order valence-corrected chi connectivity index (χ1v) is 7.44. The van der Waals surface area contributed by atoms with Crippen LogP contribution in [0.3, 0.4) is 0 Å². The van der Waals surface area contributed by atoms with E-state index in [4.69, 9.17) is 5.73 Å². The van der Waals surface area contributed by atoms with Gasteiger partial charge in [0.2, 0.25) is 5.91 Å². The van der Waals surface area contributed by atoms with Gasteiger partial charge < -0.3 is 21.3 Å². The van der Waals surface area contributed by atoms with Crippen LogP contribution in [0.2, 0.25) is 0 Å². The van der Waals surface area contributed by atoms with E-state index in [0.29, 0.717) is 10.8 Å². The van der Waals surface area contributed by atoms with E-state index < -0.39 is 17.8 Å². The summed E-state index contributed by atoms with van der Waals surface area (Å²) in [5.74, 6) is -3.01. The smallest absolute Gasteiger partial charge is 0.354 e. The van der Waals surface area contributed by atoms with Crippen LogP contribution in [0.5, 0.6) is 5.75 Å². The summed E-state index contributed by atoms with van der Waals surface area (Å²) >= 11 is 0. The number of carboxylic acid groups (broad SMARTS) is 1. The van der Waals surface area contributed by atoms with Crippen molar-refractivity contribution in [3.05, 3.63) is 65.5 Å². The molecule has 0 aliphatic heterocycles. The zero-order valence-corrected chi connectivity index (χ0v) is 13.3. The number of aromatic nitrogens is 1. The number of pyridine rings is 1. The third kappa shape index (κ3) is 3.16. The lowest BCUT2D eigenvalue weighted by atomic mass is 10.1. The summed E-state index contributed by atoms with van der Waals surface area (Å²) in [5.41, 5.74) is 4.83. The van der Waals surface area contributed by atoms with Gasteiger partial charge in [-0.3, -0.25) is 9.59 Å². The van der Waals surface area contributed by atoms with Gasteiger partial charge in [0.1, 0.15) is 17.1 Å². The van der Waals surface area contributed by atoms with Crippen LogP contribution < -0.4 is 11.1 Å². The molecule has 0 atom stereocenters. The maximum Gasteiger partial charge on any atom is 0.354 e. The van der Waals surface area contributed by atoms with Crippen molar-refractivity contribution >= 4 is 34.2 Å². The predicted octanol–water partition coefficient (Wildman–Crippen LogP) is 1.99. The molecule has 26 heavy (non-hydrogen) atoms. The number of aromatic hydroxyl groups is 1. The Labute approximate surface area is 146 Å². The van der Waals surface area contributed by atoms with Gasteiger partial charge in [0.05, 0.1) is 5.69 Å². The summed E-state index contributed by atoms with van der Waals surface area (Å²) in [6, 6.07) is 11.8. The highest BCUT2D eigenvalue weighted by molar-refractivity contribution is 6.13. The number of fused-ring (bicyclic) bond motifs is 1. The van der Waals surface area contributed by atoms with E-state index in [1.165, 1.54) is 24.3 Å². The van der Waals surface area contributed by atoms with Crippen LogP contribution in [0.25, 0.3) is 10.8 Å². The Balaban J connectivity index is 2.07. The number of hydrogen-bond acceptors (Lipinski definition) is 5. The lowest BCUT2D eigenvalue weighted by Crippen LogP contribution is -2.17. The third-order valence-corrected chi connectivity index (χ3v) is 3.70. The number of nitrogens with one attached hydrogen (secondary N) is 1. The maximum absolute atomic E-state index is 12.6. The minimum Gasteiger partial charge on any atom is -0.506 e. The third-order valence-electron chi connectivity index (χ3n) is 3.70. The Kier molecular flexibility index (Phi) is 4.24. The van der Waals surface area contributed by atoms with Crippen LogP contribution in [0.4, 0.5) is 5.69 Å². The van der Waals surface area contributed by atoms with E-state index in [1.54, 1.807) is 24.3 Å². The fourth-order valence-corrected chi connectivity index (χ4v) is 2.45. The molecule has 0 saturated carbocycles. The lowest BCUT2D eigenvalue weighted by molar-refractivity contribution is 0.0690. The van der Waals surface area contributed by atoms with Crippen molar-refractivity contribution in [2.45, 2.75) is 0 Å². The summed E-state index contributed by atoms with van der Waals surface area (Å²) in [5, 5.41) is 22.5. The Morgan fingerprint density at radius 1 is 1.04 bits per heavy atom. The van der Waals surface area contributed by atoms with Crippen LogP contribution in [0.15, 0.2) is 48.5 Å². The molecule has 2 amide bonds. The summed E-state index contributed by atoms with van der Waals surface area (Å²) in [4.78, 5) is 39.1. The van der Waals surface area contributed by atoms with Gasteiger partial charge in [0.15, 0.2) is 0 Å². The number of carbonyl (C=O) groups is 3. The normalized spacial score (nSPS) is 10.5. The molecule has 2 aromatic carbocycles. The first-order valence-electron chi connectivity index (χ1n) is 7.44.